The second-order valence-electron chi connectivity index (χ2n) is 7.21. The second-order valence-corrected chi connectivity index (χ2v) is 7.21. The first kappa shape index (κ1) is 19.8. The van der Waals surface area contributed by atoms with Gasteiger partial charge in [-0.25, -0.2) is 4.79 Å². The SMILES string of the molecule is C[C@@H](C(=O)OCC(=O)NC(=O)c1cccn1C)N1C(=O)[C@@H]2CCCC[C@H]2C1=O. The van der Waals surface area contributed by atoms with Crippen molar-refractivity contribution >= 4 is 29.6 Å². The Bertz CT molecular complexity index is 805. The number of carbonyl (C=O) groups is 5. The van der Waals surface area contributed by atoms with Gasteiger partial charge in [-0.3, -0.25) is 29.4 Å². The minimum Gasteiger partial charge on any atom is -0.454 e. The molecule has 1 N–H and O–H groups in total. The standard InChI is InChI=1S/C19H23N3O6/c1-11(22-17(25)12-6-3-4-7-13(12)18(22)26)19(27)28-10-15(23)20-16(24)14-8-5-9-21(14)2/h5,8-9,11-13H,3-4,6-7,10H2,1-2H3,(H,20,23,24)/t11-,12+,13+/m0/s1. The number of likely N-dealkylation sites (tertiary alicyclic amines) is 1. The summed E-state index contributed by atoms with van der Waals surface area (Å²) >= 11 is 0. The third-order valence-electron chi connectivity index (χ3n) is 5.38. The molecule has 1 aromatic heterocycles. The Morgan fingerprint density at radius 3 is 2.32 bits per heavy atom. The minimum atomic E-state index is -1.11. The van der Waals surface area contributed by atoms with Gasteiger partial charge in [-0.1, -0.05) is 12.8 Å². The Morgan fingerprint density at radius 2 is 1.79 bits per heavy atom. The van der Waals surface area contributed by atoms with Crippen molar-refractivity contribution in [1.29, 1.82) is 0 Å². The molecule has 3 rings (SSSR count). The number of hydrogen-bond acceptors (Lipinski definition) is 6. The zero-order valence-corrected chi connectivity index (χ0v) is 15.8. The topological polar surface area (TPSA) is 115 Å². The number of imide groups is 2. The zero-order chi connectivity index (χ0) is 20.4. The fraction of sp³-hybridized carbons (Fsp3) is 0.526. The van der Waals surface area contributed by atoms with Crippen molar-refractivity contribution in [2.75, 3.05) is 6.61 Å². The highest BCUT2D eigenvalue weighted by Gasteiger charge is 2.51. The number of nitrogens with one attached hydrogen (secondary N) is 1. The summed E-state index contributed by atoms with van der Waals surface area (Å²) < 4.78 is 6.46. The fourth-order valence-corrected chi connectivity index (χ4v) is 3.86. The maximum atomic E-state index is 12.5. The van der Waals surface area contributed by atoms with Crippen LogP contribution in [0.25, 0.3) is 0 Å². The summed E-state index contributed by atoms with van der Waals surface area (Å²) in [4.78, 5) is 62.1. The van der Waals surface area contributed by atoms with Gasteiger partial charge in [0, 0.05) is 13.2 Å². The molecule has 3 atom stereocenters. The van der Waals surface area contributed by atoms with E-state index < -0.39 is 30.4 Å². The number of aromatic nitrogens is 1. The van der Waals surface area contributed by atoms with Crippen molar-refractivity contribution in [1.82, 2.24) is 14.8 Å². The molecule has 1 aliphatic heterocycles. The van der Waals surface area contributed by atoms with E-state index in [2.05, 4.69) is 5.32 Å². The molecule has 9 nitrogen and oxygen atoms in total. The van der Waals surface area contributed by atoms with Crippen LogP contribution in [-0.2, 0) is 31.0 Å². The van der Waals surface area contributed by atoms with Crippen LogP contribution in [0.1, 0.15) is 43.1 Å². The van der Waals surface area contributed by atoms with E-state index in [-0.39, 0.29) is 29.3 Å². The van der Waals surface area contributed by atoms with Gasteiger partial charge in [-0.05, 0) is 31.9 Å². The highest BCUT2D eigenvalue weighted by Crippen LogP contribution is 2.38. The number of aryl methyl sites for hydroxylation is 1. The molecule has 1 aliphatic carbocycles. The quantitative estimate of drug-likeness (QED) is 0.575. The van der Waals surface area contributed by atoms with Crippen molar-refractivity contribution in [3.8, 4) is 0 Å². The van der Waals surface area contributed by atoms with Gasteiger partial charge in [0.2, 0.25) is 11.8 Å². The average molecular weight is 389 g/mol. The van der Waals surface area contributed by atoms with E-state index in [1.165, 1.54) is 6.92 Å². The summed E-state index contributed by atoms with van der Waals surface area (Å²) in [5.74, 6) is -3.67. The van der Waals surface area contributed by atoms with Crippen LogP contribution in [0.4, 0.5) is 0 Å². The lowest BCUT2D eigenvalue weighted by Crippen LogP contribution is -2.45. The summed E-state index contributed by atoms with van der Waals surface area (Å²) in [7, 11) is 1.66. The monoisotopic (exact) mass is 389 g/mol. The number of ether oxygens (including phenoxy) is 1. The van der Waals surface area contributed by atoms with Crippen molar-refractivity contribution in [3.63, 3.8) is 0 Å². The molecular formula is C19H23N3O6. The molecular weight excluding hydrogens is 366 g/mol. The second kappa shape index (κ2) is 7.95. The molecule has 2 aliphatic rings. The molecule has 0 bridgehead atoms. The lowest BCUT2D eigenvalue weighted by molar-refractivity contribution is -0.159. The molecule has 9 heteroatoms. The first-order chi connectivity index (χ1) is 13.3. The van der Waals surface area contributed by atoms with Crippen LogP contribution in [0.2, 0.25) is 0 Å². The smallest absolute Gasteiger partial charge is 0.329 e. The molecule has 2 heterocycles. The van der Waals surface area contributed by atoms with E-state index in [1.54, 1.807) is 29.9 Å². The Hall–Kier alpha value is -2.97. The van der Waals surface area contributed by atoms with Crippen LogP contribution < -0.4 is 5.32 Å². The van der Waals surface area contributed by atoms with E-state index >= 15 is 0 Å². The van der Waals surface area contributed by atoms with E-state index in [0.29, 0.717) is 12.8 Å². The number of rotatable bonds is 5. The molecule has 2 fully saturated rings. The van der Waals surface area contributed by atoms with Crippen LogP contribution in [0.3, 0.4) is 0 Å². The molecule has 1 aromatic rings. The maximum absolute atomic E-state index is 12.5. The van der Waals surface area contributed by atoms with E-state index in [9.17, 15) is 24.0 Å². The number of nitrogens with zero attached hydrogens (tertiary/aromatic N) is 2. The Labute approximate surface area is 162 Å². The van der Waals surface area contributed by atoms with Gasteiger partial charge in [0.1, 0.15) is 11.7 Å². The molecule has 1 saturated heterocycles. The average Bonchev–Trinajstić information content (AvgIpc) is 3.21. The largest absolute Gasteiger partial charge is 0.454 e. The normalized spacial score (nSPS) is 22.6. The fourth-order valence-electron chi connectivity index (χ4n) is 3.86. The molecule has 28 heavy (non-hydrogen) atoms. The van der Waals surface area contributed by atoms with E-state index in [1.807, 2.05) is 0 Å². The molecule has 4 amide bonds. The van der Waals surface area contributed by atoms with Gasteiger partial charge < -0.3 is 9.30 Å². The lowest BCUT2D eigenvalue weighted by atomic mass is 9.81. The number of hydrogen-bond donors (Lipinski definition) is 1. The molecule has 150 valence electrons. The van der Waals surface area contributed by atoms with Crippen molar-refractivity contribution in [2.45, 2.75) is 38.6 Å². The van der Waals surface area contributed by atoms with Crippen molar-refractivity contribution in [3.05, 3.63) is 24.0 Å². The third-order valence-corrected chi connectivity index (χ3v) is 5.38. The molecule has 0 radical (unpaired) electrons. The molecule has 1 saturated carbocycles. The summed E-state index contributed by atoms with van der Waals surface area (Å²) in [5.41, 5.74) is 0.281. The van der Waals surface area contributed by atoms with Crippen molar-refractivity contribution < 1.29 is 28.7 Å². The number of esters is 1. The Balaban J connectivity index is 1.53. The van der Waals surface area contributed by atoms with Crippen LogP contribution in [0.5, 0.6) is 0 Å². The van der Waals surface area contributed by atoms with Crippen LogP contribution in [-0.4, -0.2) is 51.7 Å². The number of carbonyl (C=O) groups excluding carboxylic acids is 5. The van der Waals surface area contributed by atoms with Gasteiger partial charge in [-0.2, -0.15) is 0 Å². The van der Waals surface area contributed by atoms with Crippen LogP contribution in [0.15, 0.2) is 18.3 Å². The number of amides is 4. The van der Waals surface area contributed by atoms with E-state index in [0.717, 1.165) is 17.7 Å². The highest BCUT2D eigenvalue weighted by atomic mass is 16.5. The summed E-state index contributed by atoms with van der Waals surface area (Å²) in [6.45, 7) is 0.727. The predicted molar refractivity (Wildman–Crippen MR) is 95.6 cm³/mol. The minimum absolute atomic E-state index is 0.281. The van der Waals surface area contributed by atoms with Gasteiger partial charge in [-0.15, -0.1) is 0 Å². The van der Waals surface area contributed by atoms with Crippen LogP contribution >= 0.6 is 0 Å². The molecule has 0 unspecified atom stereocenters. The van der Waals surface area contributed by atoms with Crippen LogP contribution in [0, 0.1) is 11.8 Å². The van der Waals surface area contributed by atoms with Gasteiger partial charge in [0.25, 0.3) is 11.8 Å². The highest BCUT2D eigenvalue weighted by molar-refractivity contribution is 6.08. The molecule has 0 aromatic carbocycles. The predicted octanol–water partition coefficient (Wildman–Crippen LogP) is 0.388. The first-order valence-corrected chi connectivity index (χ1v) is 9.30. The maximum Gasteiger partial charge on any atom is 0.329 e. The first-order valence-electron chi connectivity index (χ1n) is 9.30. The zero-order valence-electron chi connectivity index (χ0n) is 15.8. The van der Waals surface area contributed by atoms with Gasteiger partial charge in [0.05, 0.1) is 11.8 Å². The number of fused-ring (bicyclic) bond motifs is 1. The summed E-state index contributed by atoms with van der Waals surface area (Å²) in [5, 5.41) is 2.12. The Morgan fingerprint density at radius 1 is 1.18 bits per heavy atom. The third kappa shape index (κ3) is 3.69. The Kier molecular flexibility index (Phi) is 5.62. The summed E-state index contributed by atoms with van der Waals surface area (Å²) in [6.07, 6.45) is 4.74. The van der Waals surface area contributed by atoms with Gasteiger partial charge in [0.15, 0.2) is 6.61 Å². The molecule has 0 spiro atoms. The van der Waals surface area contributed by atoms with E-state index in [4.69, 9.17) is 4.74 Å². The lowest BCUT2D eigenvalue weighted by Gasteiger charge is -2.21. The van der Waals surface area contributed by atoms with Crippen molar-refractivity contribution in [2.24, 2.45) is 18.9 Å². The van der Waals surface area contributed by atoms with Gasteiger partial charge >= 0.3 is 5.97 Å². The summed E-state index contributed by atoms with van der Waals surface area (Å²) in [6, 6.07) is 2.09.